The summed E-state index contributed by atoms with van der Waals surface area (Å²) in [6, 6.07) is -0.868. The van der Waals surface area contributed by atoms with Crippen LogP contribution in [0.2, 0.25) is 0 Å². The van der Waals surface area contributed by atoms with Gasteiger partial charge in [0.25, 0.3) is 0 Å². The summed E-state index contributed by atoms with van der Waals surface area (Å²) in [4.78, 5) is 22.6. The zero-order valence-electron chi connectivity index (χ0n) is 31.2. The van der Waals surface area contributed by atoms with Crippen molar-refractivity contribution in [2.24, 2.45) is 5.73 Å². The molecule has 0 saturated heterocycles. The van der Waals surface area contributed by atoms with Crippen LogP contribution in [-0.4, -0.2) is 47.8 Å². The number of unbranched alkanes of at least 4 members (excludes halogenated alkanes) is 15. The summed E-state index contributed by atoms with van der Waals surface area (Å²) in [6.45, 7) is 3.97. The number of nitrogens with one attached hydrogen (secondary N) is 1. The quantitative estimate of drug-likeness (QED) is 0.0293. The second-order valence-electron chi connectivity index (χ2n) is 12.8. The molecule has 3 unspecified atom stereocenters. The minimum absolute atomic E-state index is 0.0730. The Kier molecular flexibility index (Phi) is 34.7. The summed E-state index contributed by atoms with van der Waals surface area (Å²) >= 11 is 0. The number of carbonyl (C=O) groups is 1. The fourth-order valence-corrected chi connectivity index (χ4v) is 5.94. The highest BCUT2D eigenvalue weighted by Crippen LogP contribution is 2.43. The molecule has 0 aromatic carbocycles. The lowest BCUT2D eigenvalue weighted by molar-refractivity contribution is -0.123. The van der Waals surface area contributed by atoms with Gasteiger partial charge >= 0.3 is 7.82 Å². The van der Waals surface area contributed by atoms with Crippen molar-refractivity contribution in [1.29, 1.82) is 0 Å². The number of phosphoric ester groups is 1. The van der Waals surface area contributed by atoms with E-state index in [1.165, 1.54) is 57.8 Å². The van der Waals surface area contributed by atoms with Gasteiger partial charge in [-0.3, -0.25) is 13.8 Å². The van der Waals surface area contributed by atoms with E-state index in [-0.39, 0.29) is 25.7 Å². The Bertz CT molecular complexity index is 949. The van der Waals surface area contributed by atoms with E-state index >= 15 is 0 Å². The lowest BCUT2D eigenvalue weighted by atomic mass is 10.1. The molecule has 0 heterocycles. The molecule has 49 heavy (non-hydrogen) atoms. The molecular weight excluding hydrogens is 635 g/mol. The van der Waals surface area contributed by atoms with Gasteiger partial charge in [-0.15, -0.1) is 0 Å². The monoisotopic (exact) mass is 709 g/mol. The van der Waals surface area contributed by atoms with Crippen LogP contribution in [0.15, 0.2) is 60.8 Å². The average Bonchev–Trinajstić information content (AvgIpc) is 3.09. The number of rotatable bonds is 35. The third-order valence-electron chi connectivity index (χ3n) is 8.10. The maximum Gasteiger partial charge on any atom is 0.472 e. The maximum atomic E-state index is 12.7. The lowest BCUT2D eigenvalue weighted by Gasteiger charge is -2.23. The molecule has 0 fully saturated rings. The molecule has 9 heteroatoms. The van der Waals surface area contributed by atoms with Crippen LogP contribution < -0.4 is 11.1 Å². The lowest BCUT2D eigenvalue weighted by Crippen LogP contribution is -2.45. The van der Waals surface area contributed by atoms with Crippen molar-refractivity contribution in [2.45, 2.75) is 167 Å². The van der Waals surface area contributed by atoms with Crippen LogP contribution >= 0.6 is 7.82 Å². The van der Waals surface area contributed by atoms with Crippen LogP contribution in [0.5, 0.6) is 0 Å². The van der Waals surface area contributed by atoms with Gasteiger partial charge in [-0.25, -0.2) is 4.57 Å². The molecule has 0 aliphatic carbocycles. The van der Waals surface area contributed by atoms with Crippen LogP contribution in [0.3, 0.4) is 0 Å². The van der Waals surface area contributed by atoms with Gasteiger partial charge in [0.05, 0.1) is 25.4 Å². The standard InChI is InChI=1S/C40H73N2O6P/c1-3-5-7-9-11-13-15-16-17-18-19-20-21-22-24-26-28-30-32-34-40(44)42-38(37-48-49(45,46)47-36-35-41)39(43)33-31-29-27-25-23-14-12-10-8-6-4-2/h5,7,11,13,16-17,19-20,31,33,38-39,43H,3-4,6,8-10,12,14-15,18,21-30,32,34-37,41H2,1-2H3,(H,42,44)(H,45,46)/b7-5-,13-11-,17-16-,20-19-,33-31+. The summed E-state index contributed by atoms with van der Waals surface area (Å²) < 4.78 is 22.0. The van der Waals surface area contributed by atoms with E-state index in [1.54, 1.807) is 6.08 Å². The normalized spacial score (nSPS) is 15.0. The molecule has 0 aromatic heterocycles. The fraction of sp³-hybridized carbons (Fsp3) is 0.725. The van der Waals surface area contributed by atoms with Crippen molar-refractivity contribution in [3.05, 3.63) is 60.8 Å². The number of phosphoric acid groups is 1. The summed E-state index contributed by atoms with van der Waals surface area (Å²) in [7, 11) is -4.34. The van der Waals surface area contributed by atoms with Crippen LogP contribution in [0.1, 0.15) is 155 Å². The van der Waals surface area contributed by atoms with Gasteiger partial charge < -0.3 is 21.1 Å². The van der Waals surface area contributed by atoms with E-state index in [2.05, 4.69) is 67.8 Å². The van der Waals surface area contributed by atoms with Crippen LogP contribution in [0.25, 0.3) is 0 Å². The molecule has 1 amide bonds. The zero-order valence-corrected chi connectivity index (χ0v) is 32.1. The summed E-state index contributed by atoms with van der Waals surface area (Å²) in [5.74, 6) is -0.213. The van der Waals surface area contributed by atoms with Crippen molar-refractivity contribution in [1.82, 2.24) is 5.32 Å². The average molecular weight is 709 g/mol. The highest BCUT2D eigenvalue weighted by atomic mass is 31.2. The van der Waals surface area contributed by atoms with E-state index in [0.29, 0.717) is 6.42 Å². The number of allylic oxidation sites excluding steroid dienone is 9. The van der Waals surface area contributed by atoms with Crippen LogP contribution in [0, 0.1) is 0 Å². The SMILES string of the molecule is CC/C=C\C/C=C\C/C=C\C/C=C\CCCCCCCCC(=O)NC(COP(=O)(O)OCCN)C(O)/C=C/CCCCCCCCCCC. The molecule has 0 rings (SSSR count). The minimum Gasteiger partial charge on any atom is -0.387 e. The van der Waals surface area contributed by atoms with Crippen LogP contribution in [0.4, 0.5) is 0 Å². The van der Waals surface area contributed by atoms with Gasteiger partial charge in [0.2, 0.25) is 5.91 Å². The number of carbonyl (C=O) groups excluding carboxylic acids is 1. The number of amides is 1. The number of hydrogen-bond donors (Lipinski definition) is 4. The molecule has 0 bridgehead atoms. The van der Waals surface area contributed by atoms with Gasteiger partial charge in [0.15, 0.2) is 0 Å². The summed E-state index contributed by atoms with van der Waals surface area (Å²) in [6.07, 6.45) is 44.0. The second kappa shape index (κ2) is 36.0. The molecular formula is C40H73N2O6P. The van der Waals surface area contributed by atoms with Crippen molar-refractivity contribution in [3.63, 3.8) is 0 Å². The third kappa shape index (κ3) is 34.4. The first kappa shape index (κ1) is 47.2. The van der Waals surface area contributed by atoms with E-state index in [9.17, 15) is 19.4 Å². The molecule has 284 valence electrons. The Hall–Kier alpha value is -1.80. The molecule has 0 aliphatic heterocycles. The van der Waals surface area contributed by atoms with E-state index in [0.717, 1.165) is 77.0 Å². The predicted octanol–water partition coefficient (Wildman–Crippen LogP) is 10.3. The minimum atomic E-state index is -4.34. The highest BCUT2D eigenvalue weighted by molar-refractivity contribution is 7.47. The van der Waals surface area contributed by atoms with Crippen molar-refractivity contribution in [2.75, 3.05) is 19.8 Å². The van der Waals surface area contributed by atoms with Gasteiger partial charge in [0.1, 0.15) is 0 Å². The number of aliphatic hydroxyl groups excluding tert-OH is 1. The Morgan fingerprint density at radius 3 is 1.73 bits per heavy atom. The predicted molar refractivity (Wildman–Crippen MR) is 207 cm³/mol. The van der Waals surface area contributed by atoms with Crippen molar-refractivity contribution >= 4 is 13.7 Å². The molecule has 5 N–H and O–H groups in total. The second-order valence-corrected chi connectivity index (χ2v) is 14.2. The molecule has 0 radical (unpaired) electrons. The largest absolute Gasteiger partial charge is 0.472 e. The van der Waals surface area contributed by atoms with E-state index in [1.807, 2.05) is 6.08 Å². The molecule has 0 aliphatic rings. The molecule has 0 spiro atoms. The third-order valence-corrected chi connectivity index (χ3v) is 9.08. The molecule has 8 nitrogen and oxygen atoms in total. The fourth-order valence-electron chi connectivity index (χ4n) is 5.18. The van der Waals surface area contributed by atoms with Gasteiger partial charge in [0, 0.05) is 13.0 Å². The van der Waals surface area contributed by atoms with E-state index < -0.39 is 20.0 Å². The maximum absolute atomic E-state index is 12.7. The smallest absolute Gasteiger partial charge is 0.387 e. The Morgan fingerprint density at radius 2 is 1.18 bits per heavy atom. The first-order chi connectivity index (χ1) is 23.9. The molecule has 0 aromatic rings. The number of hydrogen-bond acceptors (Lipinski definition) is 6. The number of nitrogens with two attached hydrogens (primary N) is 1. The van der Waals surface area contributed by atoms with Crippen LogP contribution in [-0.2, 0) is 18.4 Å². The van der Waals surface area contributed by atoms with Gasteiger partial charge in [-0.05, 0) is 57.8 Å². The van der Waals surface area contributed by atoms with Crippen molar-refractivity contribution in [3.8, 4) is 0 Å². The zero-order chi connectivity index (χ0) is 36.1. The van der Waals surface area contributed by atoms with Crippen molar-refractivity contribution < 1.29 is 28.4 Å². The topological polar surface area (TPSA) is 131 Å². The number of aliphatic hydroxyl groups is 1. The first-order valence-electron chi connectivity index (χ1n) is 19.4. The molecule has 0 saturated carbocycles. The molecule has 3 atom stereocenters. The van der Waals surface area contributed by atoms with E-state index in [4.69, 9.17) is 14.8 Å². The summed E-state index contributed by atoms with van der Waals surface area (Å²) in [5, 5.41) is 13.6. The summed E-state index contributed by atoms with van der Waals surface area (Å²) in [5.41, 5.74) is 5.35. The van der Waals surface area contributed by atoms with Gasteiger partial charge in [-0.2, -0.15) is 0 Å². The Morgan fingerprint density at radius 1 is 0.694 bits per heavy atom. The Balaban J connectivity index is 4.29. The van der Waals surface area contributed by atoms with Gasteiger partial charge in [-0.1, -0.05) is 152 Å². The Labute approximate surface area is 300 Å². The highest BCUT2D eigenvalue weighted by Gasteiger charge is 2.26. The first-order valence-corrected chi connectivity index (χ1v) is 20.9.